The molecule has 1 heterocycles. The number of aryl methyl sites for hydroxylation is 1. The van der Waals surface area contributed by atoms with Crippen molar-refractivity contribution < 1.29 is 17.9 Å². The molecule has 0 aliphatic carbocycles. The molecular weight excluding hydrogens is 352 g/mol. The molecule has 1 N–H and O–H groups in total. The molecule has 7 heteroatoms. The van der Waals surface area contributed by atoms with Crippen LogP contribution in [-0.2, 0) is 21.2 Å². The van der Waals surface area contributed by atoms with E-state index in [0.29, 0.717) is 24.3 Å². The molecule has 2 aromatic carbocycles. The van der Waals surface area contributed by atoms with Crippen LogP contribution < -0.4 is 10.1 Å². The largest absolute Gasteiger partial charge is 0.497 e. The summed E-state index contributed by atoms with van der Waals surface area (Å²) in [7, 11) is -2.03. The van der Waals surface area contributed by atoms with Gasteiger partial charge in [0.1, 0.15) is 11.8 Å². The van der Waals surface area contributed by atoms with Gasteiger partial charge in [-0.05, 0) is 29.7 Å². The molecule has 2 aromatic rings. The minimum atomic E-state index is -3.59. The number of carbonyl (C=O) groups is 1. The van der Waals surface area contributed by atoms with Crippen LogP contribution in [0.5, 0.6) is 5.75 Å². The fraction of sp³-hybridized carbons (Fsp3) is 0.316. The number of piperazine rings is 1. The Morgan fingerprint density at radius 3 is 2.46 bits per heavy atom. The smallest absolute Gasteiger partial charge is 0.243 e. The number of methoxy groups -OCH3 is 1. The Labute approximate surface area is 153 Å². The molecular formula is C19H22N2O4S. The summed E-state index contributed by atoms with van der Waals surface area (Å²) >= 11 is 0. The normalized spacial score (nSPS) is 18.3. The zero-order valence-corrected chi connectivity index (χ0v) is 15.4. The van der Waals surface area contributed by atoms with Crippen LogP contribution in [0.15, 0.2) is 54.6 Å². The molecule has 1 aliphatic rings. The fourth-order valence-electron chi connectivity index (χ4n) is 3.06. The topological polar surface area (TPSA) is 75.7 Å². The fourth-order valence-corrected chi connectivity index (χ4v) is 4.69. The van der Waals surface area contributed by atoms with Gasteiger partial charge in [0.15, 0.2) is 0 Å². The van der Waals surface area contributed by atoms with E-state index in [-0.39, 0.29) is 18.2 Å². The molecule has 1 aliphatic heterocycles. The predicted octanol–water partition coefficient (Wildman–Crippen LogP) is 1.74. The molecule has 6 nitrogen and oxygen atoms in total. The lowest BCUT2D eigenvalue weighted by atomic mass is 10.0. The van der Waals surface area contributed by atoms with Crippen molar-refractivity contribution in [2.24, 2.45) is 0 Å². The first-order valence-corrected chi connectivity index (χ1v) is 10.1. The van der Waals surface area contributed by atoms with Gasteiger partial charge in [0, 0.05) is 13.1 Å². The second-order valence-electron chi connectivity index (χ2n) is 6.13. The molecule has 1 amide bonds. The van der Waals surface area contributed by atoms with Crippen molar-refractivity contribution in [3.63, 3.8) is 0 Å². The summed E-state index contributed by atoms with van der Waals surface area (Å²) in [6, 6.07) is 15.5. The van der Waals surface area contributed by atoms with Gasteiger partial charge in [0.05, 0.1) is 12.9 Å². The lowest BCUT2D eigenvalue weighted by Gasteiger charge is -2.34. The number of nitrogens with zero attached hydrogens (tertiary/aromatic N) is 1. The summed E-state index contributed by atoms with van der Waals surface area (Å²) in [6.45, 7) is 0.579. The maximum Gasteiger partial charge on any atom is 0.243 e. The van der Waals surface area contributed by atoms with E-state index in [1.54, 1.807) is 31.4 Å². The lowest BCUT2D eigenvalue weighted by molar-refractivity contribution is -0.126. The third-order valence-electron chi connectivity index (χ3n) is 4.45. The number of rotatable bonds is 6. The maximum atomic E-state index is 12.9. The number of benzene rings is 2. The van der Waals surface area contributed by atoms with Gasteiger partial charge in [0.2, 0.25) is 15.9 Å². The zero-order valence-electron chi connectivity index (χ0n) is 14.6. The molecule has 0 spiro atoms. The summed E-state index contributed by atoms with van der Waals surface area (Å²) in [6.07, 6.45) is 0.413. The number of carbonyl (C=O) groups excluding carboxylic acids is 1. The highest BCUT2D eigenvalue weighted by Crippen LogP contribution is 2.28. The van der Waals surface area contributed by atoms with Crippen molar-refractivity contribution in [1.82, 2.24) is 9.62 Å². The third-order valence-corrected chi connectivity index (χ3v) is 6.28. The van der Waals surface area contributed by atoms with Gasteiger partial charge < -0.3 is 10.1 Å². The van der Waals surface area contributed by atoms with Crippen LogP contribution in [-0.4, -0.2) is 44.6 Å². The van der Waals surface area contributed by atoms with E-state index in [0.717, 1.165) is 5.56 Å². The highest BCUT2D eigenvalue weighted by molar-refractivity contribution is 7.89. The Bertz CT molecular complexity index is 851. The van der Waals surface area contributed by atoms with Gasteiger partial charge in [-0.25, -0.2) is 8.42 Å². The number of hydrogen-bond acceptors (Lipinski definition) is 4. The first kappa shape index (κ1) is 18.4. The molecule has 1 unspecified atom stereocenters. The number of hydrogen-bond donors (Lipinski definition) is 1. The second kappa shape index (κ2) is 7.88. The molecule has 0 radical (unpaired) electrons. The van der Waals surface area contributed by atoms with Gasteiger partial charge in [-0.15, -0.1) is 0 Å². The van der Waals surface area contributed by atoms with E-state index in [1.807, 2.05) is 30.3 Å². The molecule has 3 rings (SSSR count). The van der Waals surface area contributed by atoms with Gasteiger partial charge in [0.25, 0.3) is 0 Å². The van der Waals surface area contributed by atoms with Crippen molar-refractivity contribution >= 4 is 15.9 Å². The van der Waals surface area contributed by atoms with Crippen LogP contribution in [0.25, 0.3) is 0 Å². The standard InChI is InChI=1S/C19H22N2O4S/c1-25-17-9-7-16(8-10-17)18-19(22)20-12-13-21(18)26(23,24)14-11-15-5-3-2-4-6-15/h2-10,18H,11-14H2,1H3,(H,20,22). The minimum Gasteiger partial charge on any atom is -0.497 e. The van der Waals surface area contributed by atoms with Crippen LogP contribution in [0.3, 0.4) is 0 Å². The van der Waals surface area contributed by atoms with Crippen molar-refractivity contribution in [3.8, 4) is 5.75 Å². The van der Waals surface area contributed by atoms with Gasteiger partial charge >= 0.3 is 0 Å². The Morgan fingerprint density at radius 2 is 1.81 bits per heavy atom. The highest BCUT2D eigenvalue weighted by Gasteiger charge is 2.38. The molecule has 26 heavy (non-hydrogen) atoms. The lowest BCUT2D eigenvalue weighted by Crippen LogP contribution is -2.52. The van der Waals surface area contributed by atoms with Crippen molar-refractivity contribution in [3.05, 3.63) is 65.7 Å². The van der Waals surface area contributed by atoms with E-state index in [1.165, 1.54) is 4.31 Å². The Hall–Kier alpha value is -2.38. The summed E-state index contributed by atoms with van der Waals surface area (Å²) in [4.78, 5) is 12.4. The number of amides is 1. The van der Waals surface area contributed by atoms with E-state index >= 15 is 0 Å². The van der Waals surface area contributed by atoms with Crippen molar-refractivity contribution in [1.29, 1.82) is 0 Å². The average molecular weight is 374 g/mol. The molecule has 1 fully saturated rings. The van der Waals surface area contributed by atoms with Gasteiger partial charge in [-0.3, -0.25) is 4.79 Å². The van der Waals surface area contributed by atoms with Crippen LogP contribution in [0.4, 0.5) is 0 Å². The Kier molecular flexibility index (Phi) is 5.58. The van der Waals surface area contributed by atoms with Crippen molar-refractivity contribution in [2.45, 2.75) is 12.5 Å². The monoisotopic (exact) mass is 374 g/mol. The maximum absolute atomic E-state index is 12.9. The van der Waals surface area contributed by atoms with E-state index in [4.69, 9.17) is 4.74 Å². The Morgan fingerprint density at radius 1 is 1.12 bits per heavy atom. The number of sulfonamides is 1. The molecule has 1 atom stereocenters. The SMILES string of the molecule is COc1ccc(C2C(=O)NCCN2S(=O)(=O)CCc2ccccc2)cc1. The van der Waals surface area contributed by atoms with Crippen LogP contribution in [0, 0.1) is 0 Å². The first-order valence-electron chi connectivity index (χ1n) is 8.46. The minimum absolute atomic E-state index is 0.0308. The van der Waals surface area contributed by atoms with E-state index < -0.39 is 16.1 Å². The summed E-state index contributed by atoms with van der Waals surface area (Å²) < 4.78 is 32.3. The first-order chi connectivity index (χ1) is 12.5. The summed E-state index contributed by atoms with van der Waals surface area (Å²) in [5.41, 5.74) is 1.59. The third kappa shape index (κ3) is 4.05. The molecule has 0 aromatic heterocycles. The summed E-state index contributed by atoms with van der Waals surface area (Å²) in [5.74, 6) is 0.324. The summed E-state index contributed by atoms with van der Waals surface area (Å²) in [5, 5.41) is 2.76. The molecule has 0 bridgehead atoms. The van der Waals surface area contributed by atoms with Gasteiger partial charge in [-0.2, -0.15) is 4.31 Å². The Balaban J connectivity index is 1.83. The second-order valence-corrected chi connectivity index (χ2v) is 8.17. The zero-order chi connectivity index (χ0) is 18.6. The van der Waals surface area contributed by atoms with Crippen LogP contribution in [0.1, 0.15) is 17.2 Å². The predicted molar refractivity (Wildman–Crippen MR) is 99.4 cm³/mol. The van der Waals surface area contributed by atoms with E-state index in [9.17, 15) is 13.2 Å². The quantitative estimate of drug-likeness (QED) is 0.836. The molecule has 0 saturated carbocycles. The highest BCUT2D eigenvalue weighted by atomic mass is 32.2. The average Bonchev–Trinajstić information content (AvgIpc) is 2.67. The molecule has 138 valence electrons. The number of nitrogens with one attached hydrogen (secondary N) is 1. The van der Waals surface area contributed by atoms with Gasteiger partial charge in [-0.1, -0.05) is 42.5 Å². The van der Waals surface area contributed by atoms with Crippen LogP contribution in [0.2, 0.25) is 0 Å². The molecule has 1 saturated heterocycles. The van der Waals surface area contributed by atoms with Crippen LogP contribution >= 0.6 is 0 Å². The van der Waals surface area contributed by atoms with Crippen molar-refractivity contribution in [2.75, 3.05) is 26.0 Å². The van der Waals surface area contributed by atoms with E-state index in [2.05, 4.69) is 5.32 Å². The number of ether oxygens (including phenoxy) is 1.